The minimum absolute atomic E-state index is 0.0628. The average Bonchev–Trinajstić information content (AvgIpc) is 2.98. The minimum Gasteiger partial charge on any atom is -0.493 e. The number of amides is 1. The van der Waals surface area contributed by atoms with Crippen LogP contribution in [0.5, 0.6) is 5.75 Å². The summed E-state index contributed by atoms with van der Waals surface area (Å²) in [5.41, 5.74) is 7.19. The predicted molar refractivity (Wildman–Crippen MR) is 164 cm³/mol. The van der Waals surface area contributed by atoms with Gasteiger partial charge in [-0.15, -0.1) is 0 Å². The lowest BCUT2D eigenvalue weighted by Gasteiger charge is -2.42. The van der Waals surface area contributed by atoms with Crippen molar-refractivity contribution in [1.29, 1.82) is 0 Å². The number of carbonyl (C=O) groups excluding carboxylic acids is 1. The third-order valence-electron chi connectivity index (χ3n) is 8.28. The molecular formula is C34H43F3N4O2. The molecule has 5 rings (SSSR count). The van der Waals surface area contributed by atoms with E-state index in [1.165, 1.54) is 24.6 Å². The SMILES string of the molecule is CCOc1cc(C(F)(F)F)ccc1C(=O)NC1(c2ccccc2)CCCN(C)C1.CN1CCCC(N)(c2ccccc2)C1. The van der Waals surface area contributed by atoms with Crippen LogP contribution in [-0.4, -0.2) is 62.6 Å². The highest BCUT2D eigenvalue weighted by Crippen LogP contribution is 2.35. The van der Waals surface area contributed by atoms with Gasteiger partial charge in [0.1, 0.15) is 5.75 Å². The molecule has 0 aromatic heterocycles. The Labute approximate surface area is 253 Å². The fraction of sp³-hybridized carbons (Fsp3) is 0.441. The van der Waals surface area contributed by atoms with E-state index in [4.69, 9.17) is 10.5 Å². The van der Waals surface area contributed by atoms with E-state index in [0.29, 0.717) is 6.54 Å². The first-order valence-corrected chi connectivity index (χ1v) is 14.9. The van der Waals surface area contributed by atoms with Gasteiger partial charge in [0.15, 0.2) is 0 Å². The number of piperidine rings is 2. The number of hydrogen-bond donors (Lipinski definition) is 2. The normalized spacial score (nSPS) is 23.1. The second kappa shape index (κ2) is 13.9. The van der Waals surface area contributed by atoms with Crippen LogP contribution in [0.1, 0.15) is 59.7 Å². The largest absolute Gasteiger partial charge is 0.493 e. The van der Waals surface area contributed by atoms with Gasteiger partial charge in [0.25, 0.3) is 5.91 Å². The Kier molecular flexibility index (Phi) is 10.5. The molecule has 0 saturated carbocycles. The minimum atomic E-state index is -4.50. The number of halogens is 3. The van der Waals surface area contributed by atoms with E-state index in [1.807, 2.05) is 43.4 Å². The van der Waals surface area contributed by atoms with Crippen molar-refractivity contribution in [2.24, 2.45) is 5.73 Å². The van der Waals surface area contributed by atoms with Crippen molar-refractivity contribution in [1.82, 2.24) is 15.1 Å². The number of hydrogen-bond acceptors (Lipinski definition) is 5. The maximum absolute atomic E-state index is 13.2. The lowest BCUT2D eigenvalue weighted by molar-refractivity contribution is -0.137. The van der Waals surface area contributed by atoms with Gasteiger partial charge in [-0.25, -0.2) is 0 Å². The summed E-state index contributed by atoms with van der Waals surface area (Å²) in [6.45, 7) is 5.52. The van der Waals surface area contributed by atoms with Crippen molar-refractivity contribution in [2.75, 3.05) is 46.9 Å². The number of alkyl halides is 3. The maximum atomic E-state index is 13.2. The molecule has 2 unspecified atom stereocenters. The van der Waals surface area contributed by atoms with E-state index in [-0.39, 0.29) is 23.5 Å². The molecule has 2 atom stereocenters. The first-order chi connectivity index (χ1) is 20.5. The van der Waals surface area contributed by atoms with E-state index in [1.54, 1.807) is 6.92 Å². The van der Waals surface area contributed by atoms with Crippen molar-refractivity contribution in [3.05, 3.63) is 101 Å². The Morgan fingerprint density at radius 1 is 0.884 bits per heavy atom. The van der Waals surface area contributed by atoms with Crippen LogP contribution in [0.2, 0.25) is 0 Å². The molecule has 0 bridgehead atoms. The summed E-state index contributed by atoms with van der Waals surface area (Å²) < 4.78 is 44.6. The van der Waals surface area contributed by atoms with Gasteiger partial charge in [-0.2, -0.15) is 13.2 Å². The van der Waals surface area contributed by atoms with E-state index in [2.05, 4.69) is 46.4 Å². The number of carbonyl (C=O) groups is 1. The van der Waals surface area contributed by atoms with Gasteiger partial charge >= 0.3 is 6.18 Å². The highest BCUT2D eigenvalue weighted by molar-refractivity contribution is 5.97. The summed E-state index contributed by atoms with van der Waals surface area (Å²) in [5, 5.41) is 3.11. The lowest BCUT2D eigenvalue weighted by atomic mass is 9.82. The highest BCUT2D eigenvalue weighted by Gasteiger charge is 2.39. The fourth-order valence-electron chi connectivity index (χ4n) is 6.19. The van der Waals surface area contributed by atoms with Crippen LogP contribution in [0.3, 0.4) is 0 Å². The van der Waals surface area contributed by atoms with Gasteiger partial charge in [0.2, 0.25) is 0 Å². The van der Waals surface area contributed by atoms with Crippen LogP contribution in [0, 0.1) is 0 Å². The zero-order valence-corrected chi connectivity index (χ0v) is 25.3. The van der Waals surface area contributed by atoms with Gasteiger partial charge in [0, 0.05) is 13.1 Å². The predicted octanol–water partition coefficient (Wildman–Crippen LogP) is 6.02. The van der Waals surface area contributed by atoms with Crippen LogP contribution in [-0.2, 0) is 17.3 Å². The molecule has 0 radical (unpaired) electrons. The van der Waals surface area contributed by atoms with E-state index >= 15 is 0 Å². The topological polar surface area (TPSA) is 70.8 Å². The van der Waals surface area contributed by atoms with Crippen molar-refractivity contribution in [3.63, 3.8) is 0 Å². The standard InChI is InChI=1S/C22H25F3N2O2.C12H18N2/c1-3-29-19-14-17(22(23,24)25)10-11-18(19)20(28)26-21(12-7-13-27(2)15-21)16-8-5-4-6-9-16;1-14-9-5-8-12(13,10-14)11-6-3-2-4-7-11/h4-6,8-11,14H,3,7,12-13,15H2,1-2H3,(H,26,28);2-4,6-7H,5,8-10,13H2,1H3. The van der Waals surface area contributed by atoms with E-state index in [0.717, 1.165) is 50.0 Å². The number of nitrogens with two attached hydrogens (primary N) is 1. The monoisotopic (exact) mass is 596 g/mol. The molecule has 2 heterocycles. The molecule has 232 valence electrons. The number of nitrogens with zero attached hydrogens (tertiary/aromatic N) is 2. The van der Waals surface area contributed by atoms with Crippen LogP contribution in [0.25, 0.3) is 0 Å². The molecule has 3 N–H and O–H groups in total. The van der Waals surface area contributed by atoms with Gasteiger partial charge in [-0.05, 0) is 89.1 Å². The molecule has 9 heteroatoms. The summed E-state index contributed by atoms with van der Waals surface area (Å²) in [4.78, 5) is 17.6. The smallest absolute Gasteiger partial charge is 0.416 e. The highest BCUT2D eigenvalue weighted by atomic mass is 19.4. The van der Waals surface area contributed by atoms with Crippen molar-refractivity contribution >= 4 is 5.91 Å². The third-order valence-corrected chi connectivity index (χ3v) is 8.28. The summed E-state index contributed by atoms with van der Waals surface area (Å²) in [7, 11) is 4.14. The van der Waals surface area contributed by atoms with Crippen LogP contribution in [0.4, 0.5) is 13.2 Å². The second-order valence-corrected chi connectivity index (χ2v) is 11.7. The molecule has 3 aromatic carbocycles. The van der Waals surface area contributed by atoms with Crippen LogP contribution in [0.15, 0.2) is 78.9 Å². The number of benzene rings is 3. The van der Waals surface area contributed by atoms with Crippen molar-refractivity contribution < 1.29 is 22.7 Å². The molecule has 0 aliphatic carbocycles. The summed E-state index contributed by atoms with van der Waals surface area (Å²) in [5.74, 6) is -0.506. The van der Waals surface area contributed by atoms with Gasteiger partial charge < -0.3 is 25.6 Å². The summed E-state index contributed by atoms with van der Waals surface area (Å²) in [6.07, 6.45) is -0.559. The molecule has 2 saturated heterocycles. The quantitative estimate of drug-likeness (QED) is 0.364. The molecule has 6 nitrogen and oxygen atoms in total. The first kappa shape index (κ1) is 32.5. The van der Waals surface area contributed by atoms with E-state index in [9.17, 15) is 18.0 Å². The number of likely N-dealkylation sites (N-methyl/N-ethyl adjacent to an activating group) is 2. The Morgan fingerprint density at radius 3 is 2.02 bits per heavy atom. The zero-order valence-electron chi connectivity index (χ0n) is 25.3. The Hall–Kier alpha value is -3.40. The molecule has 43 heavy (non-hydrogen) atoms. The van der Waals surface area contributed by atoms with Gasteiger partial charge in [-0.1, -0.05) is 60.7 Å². The summed E-state index contributed by atoms with van der Waals surface area (Å²) >= 11 is 0. The third kappa shape index (κ3) is 8.16. The summed E-state index contributed by atoms with van der Waals surface area (Å²) in [6, 6.07) is 23.1. The number of ether oxygens (including phenoxy) is 1. The van der Waals surface area contributed by atoms with Crippen LogP contribution >= 0.6 is 0 Å². The number of likely N-dealkylation sites (tertiary alicyclic amines) is 2. The molecular weight excluding hydrogens is 553 g/mol. The Bertz CT molecular complexity index is 1340. The fourth-order valence-corrected chi connectivity index (χ4v) is 6.19. The average molecular weight is 597 g/mol. The molecule has 1 amide bonds. The number of nitrogens with one attached hydrogen (secondary N) is 1. The maximum Gasteiger partial charge on any atom is 0.416 e. The first-order valence-electron chi connectivity index (χ1n) is 14.9. The number of rotatable bonds is 6. The lowest BCUT2D eigenvalue weighted by Crippen LogP contribution is -2.55. The van der Waals surface area contributed by atoms with E-state index < -0.39 is 23.2 Å². The van der Waals surface area contributed by atoms with Crippen molar-refractivity contribution in [3.8, 4) is 5.75 Å². The van der Waals surface area contributed by atoms with Gasteiger partial charge in [0.05, 0.1) is 28.8 Å². The van der Waals surface area contributed by atoms with Crippen molar-refractivity contribution in [2.45, 2.75) is 49.9 Å². The van der Waals surface area contributed by atoms with Crippen LogP contribution < -0.4 is 15.8 Å². The molecule has 3 aromatic rings. The molecule has 0 spiro atoms. The molecule has 2 aliphatic rings. The Morgan fingerprint density at radius 2 is 1.47 bits per heavy atom. The Balaban J connectivity index is 0.000000251. The van der Waals surface area contributed by atoms with Gasteiger partial charge in [-0.3, -0.25) is 4.79 Å². The zero-order chi connectivity index (χ0) is 31.1. The molecule has 2 aliphatic heterocycles. The molecule has 2 fully saturated rings. The second-order valence-electron chi connectivity index (χ2n) is 11.7.